The van der Waals surface area contributed by atoms with E-state index in [-0.39, 0.29) is 0 Å². The molecule has 0 aromatic heterocycles. The van der Waals surface area contributed by atoms with Gasteiger partial charge in [0.2, 0.25) is 0 Å². The quantitative estimate of drug-likeness (QED) is 0.664. The molecule has 0 bridgehead atoms. The van der Waals surface area contributed by atoms with E-state index in [1.807, 2.05) is 0 Å². The number of thiol groups is 1. The van der Waals surface area contributed by atoms with Gasteiger partial charge in [-0.25, -0.2) is 0 Å². The molecule has 1 nitrogen and oxygen atoms in total. The minimum Gasteiger partial charge on any atom is -0.398 e. The Hall–Kier alpha value is -0.150. The maximum Gasteiger partial charge on any atom is 0.0414 e. The van der Waals surface area contributed by atoms with Crippen LogP contribution in [0.2, 0.25) is 0 Å². The molecule has 58 valence electrons. The lowest BCUT2D eigenvalue weighted by molar-refractivity contribution is 1.05. The molecule has 2 N–H and O–H groups in total. The molecule has 0 aromatic carbocycles. The summed E-state index contributed by atoms with van der Waals surface area (Å²) >= 11 is 7.50. The highest BCUT2D eigenvalue weighted by Crippen LogP contribution is 2.53. The third-order valence-corrected chi connectivity index (χ3v) is 3.14. The van der Waals surface area contributed by atoms with Crippen LogP contribution in [0, 0.1) is 5.92 Å². The van der Waals surface area contributed by atoms with E-state index >= 15 is 0 Å². The Labute approximate surface area is 79.6 Å². The van der Waals surface area contributed by atoms with Crippen molar-refractivity contribution in [1.82, 2.24) is 0 Å². The first kappa shape index (κ1) is 7.50. The van der Waals surface area contributed by atoms with Gasteiger partial charge in [0, 0.05) is 16.1 Å². The van der Waals surface area contributed by atoms with Crippen LogP contribution in [-0.2, 0) is 0 Å². The summed E-state index contributed by atoms with van der Waals surface area (Å²) in [6, 6.07) is 0. The molecule has 0 saturated heterocycles. The van der Waals surface area contributed by atoms with Crippen molar-refractivity contribution >= 4 is 28.6 Å². The Morgan fingerprint density at radius 3 is 2.91 bits per heavy atom. The number of fused-ring (bicyclic) bond motifs is 1. The predicted octanol–water partition coefficient (Wildman–Crippen LogP) is 2.33. The number of halogens is 1. The fraction of sp³-hybridized carbons (Fsp3) is 0.250. The van der Waals surface area contributed by atoms with Crippen LogP contribution in [0.1, 0.15) is 6.42 Å². The van der Waals surface area contributed by atoms with Gasteiger partial charge in [-0.3, -0.25) is 0 Å². The highest BCUT2D eigenvalue weighted by atomic mass is 79.9. The van der Waals surface area contributed by atoms with Crippen LogP contribution in [0.5, 0.6) is 0 Å². The topological polar surface area (TPSA) is 26.0 Å². The summed E-state index contributed by atoms with van der Waals surface area (Å²) in [5.74, 6) is 0.604. The molecule has 3 heteroatoms. The summed E-state index contributed by atoms with van der Waals surface area (Å²) in [5.41, 5.74) is 9.23. The first-order valence-electron chi connectivity index (χ1n) is 3.44. The Kier molecular flexibility index (Phi) is 1.65. The molecule has 1 fully saturated rings. The molecule has 2 rings (SSSR count). The summed E-state index contributed by atoms with van der Waals surface area (Å²) in [5, 5.41) is 1.66. The summed E-state index contributed by atoms with van der Waals surface area (Å²) in [6.45, 7) is 0. The van der Waals surface area contributed by atoms with Crippen molar-refractivity contribution in [3.63, 3.8) is 0 Å². The van der Waals surface area contributed by atoms with Crippen molar-refractivity contribution in [2.45, 2.75) is 6.42 Å². The van der Waals surface area contributed by atoms with Gasteiger partial charge >= 0.3 is 0 Å². The average molecular weight is 230 g/mol. The third kappa shape index (κ3) is 1.07. The molecule has 0 aromatic rings. The lowest BCUT2D eigenvalue weighted by Gasteiger charge is -2.00. The number of rotatable bonds is 1. The second-order valence-corrected chi connectivity index (χ2v) is 3.93. The fourth-order valence-corrected chi connectivity index (χ4v) is 2.25. The zero-order valence-corrected chi connectivity index (χ0v) is 8.32. The van der Waals surface area contributed by atoms with Crippen molar-refractivity contribution in [3.05, 3.63) is 32.8 Å². The van der Waals surface area contributed by atoms with Crippen LogP contribution < -0.4 is 5.73 Å². The Morgan fingerprint density at radius 2 is 2.55 bits per heavy atom. The van der Waals surface area contributed by atoms with E-state index in [9.17, 15) is 0 Å². The Morgan fingerprint density at radius 1 is 1.82 bits per heavy atom. The normalized spacial score (nSPS) is 28.7. The third-order valence-electron chi connectivity index (χ3n) is 2.12. The van der Waals surface area contributed by atoms with E-state index in [0.29, 0.717) is 5.92 Å². The number of allylic oxidation sites excluding steroid dienone is 4. The smallest absolute Gasteiger partial charge is 0.0414 e. The highest BCUT2D eigenvalue weighted by Gasteiger charge is 2.40. The van der Waals surface area contributed by atoms with Gasteiger partial charge in [-0.05, 0) is 29.1 Å². The van der Waals surface area contributed by atoms with Crippen LogP contribution in [-0.4, -0.2) is 0 Å². The average Bonchev–Trinajstić information content (AvgIpc) is 2.72. The van der Waals surface area contributed by atoms with Gasteiger partial charge in [0.1, 0.15) is 0 Å². The standard InChI is InChI=1S/C8H8BrNS/c9-7-2-6(8(10)3-11)4-1-5(4)7/h2-4,11H,1,10H2/b8-3-. The van der Waals surface area contributed by atoms with Crippen LogP contribution in [0.4, 0.5) is 0 Å². The van der Waals surface area contributed by atoms with Crippen molar-refractivity contribution in [1.29, 1.82) is 0 Å². The second-order valence-electron chi connectivity index (χ2n) is 2.81. The van der Waals surface area contributed by atoms with Crippen LogP contribution in [0.15, 0.2) is 32.8 Å². The van der Waals surface area contributed by atoms with Crippen LogP contribution >= 0.6 is 28.6 Å². The van der Waals surface area contributed by atoms with E-state index in [0.717, 1.165) is 5.70 Å². The van der Waals surface area contributed by atoms with Crippen molar-refractivity contribution in [3.8, 4) is 0 Å². The zero-order chi connectivity index (χ0) is 8.01. The molecule has 0 radical (unpaired) electrons. The van der Waals surface area contributed by atoms with Crippen molar-refractivity contribution in [2.75, 3.05) is 0 Å². The monoisotopic (exact) mass is 229 g/mol. The number of hydrogen-bond acceptors (Lipinski definition) is 2. The first-order chi connectivity index (χ1) is 5.24. The Bertz CT molecular complexity index is 301. The van der Waals surface area contributed by atoms with E-state index in [1.165, 1.54) is 22.0 Å². The number of nitrogens with two attached hydrogens (primary N) is 1. The first-order valence-corrected chi connectivity index (χ1v) is 4.75. The summed E-state index contributed by atoms with van der Waals surface area (Å²) in [6.07, 6.45) is 3.26. The fourth-order valence-electron chi connectivity index (χ4n) is 1.41. The molecule has 1 atom stereocenters. The lowest BCUT2D eigenvalue weighted by Crippen LogP contribution is -2.00. The summed E-state index contributed by atoms with van der Waals surface area (Å²) < 4.78 is 1.22. The molecule has 2 aliphatic rings. The summed E-state index contributed by atoms with van der Waals surface area (Å²) in [7, 11) is 0. The molecule has 0 heterocycles. The lowest BCUT2D eigenvalue weighted by atomic mass is 10.1. The molecule has 0 aliphatic heterocycles. The summed E-state index contributed by atoms with van der Waals surface area (Å²) in [4.78, 5) is 0. The zero-order valence-electron chi connectivity index (χ0n) is 5.84. The molecule has 0 amide bonds. The molecular weight excluding hydrogens is 222 g/mol. The Balaban J connectivity index is 2.29. The van der Waals surface area contributed by atoms with Gasteiger partial charge in [-0.2, -0.15) is 0 Å². The maximum atomic E-state index is 5.73. The van der Waals surface area contributed by atoms with E-state index in [1.54, 1.807) is 5.41 Å². The second kappa shape index (κ2) is 2.42. The number of hydrogen-bond donors (Lipinski definition) is 2. The molecule has 0 spiro atoms. The van der Waals surface area contributed by atoms with Gasteiger partial charge < -0.3 is 5.73 Å². The van der Waals surface area contributed by atoms with E-state index < -0.39 is 0 Å². The molecule has 1 saturated carbocycles. The highest BCUT2D eigenvalue weighted by molar-refractivity contribution is 9.12. The largest absolute Gasteiger partial charge is 0.398 e. The van der Waals surface area contributed by atoms with Crippen molar-refractivity contribution in [2.24, 2.45) is 11.7 Å². The minimum absolute atomic E-state index is 0.604. The predicted molar refractivity (Wildman–Crippen MR) is 53.4 cm³/mol. The SMILES string of the molecule is N/C(=C\S)C1=CC(Br)=C2CC12. The molecular formula is C8H8BrNS. The van der Waals surface area contributed by atoms with Gasteiger partial charge in [0.05, 0.1) is 0 Å². The van der Waals surface area contributed by atoms with Gasteiger partial charge in [0.15, 0.2) is 0 Å². The minimum atomic E-state index is 0.604. The van der Waals surface area contributed by atoms with Crippen molar-refractivity contribution < 1.29 is 0 Å². The van der Waals surface area contributed by atoms with Crippen LogP contribution in [0.25, 0.3) is 0 Å². The van der Waals surface area contributed by atoms with Gasteiger partial charge in [-0.1, -0.05) is 15.9 Å². The van der Waals surface area contributed by atoms with E-state index in [4.69, 9.17) is 5.73 Å². The van der Waals surface area contributed by atoms with Gasteiger partial charge in [0.25, 0.3) is 0 Å². The van der Waals surface area contributed by atoms with E-state index in [2.05, 4.69) is 34.6 Å². The molecule has 1 unspecified atom stereocenters. The van der Waals surface area contributed by atoms with Crippen LogP contribution in [0.3, 0.4) is 0 Å². The maximum absolute atomic E-state index is 5.73. The van der Waals surface area contributed by atoms with Gasteiger partial charge in [-0.15, -0.1) is 12.6 Å². The molecule has 11 heavy (non-hydrogen) atoms. The molecule has 2 aliphatic carbocycles.